The lowest BCUT2D eigenvalue weighted by atomic mass is 9.83. The molecule has 15 heteroatoms. The van der Waals surface area contributed by atoms with Crippen LogP contribution >= 0.6 is 0 Å². The summed E-state index contributed by atoms with van der Waals surface area (Å²) in [6.45, 7) is 8.43. The van der Waals surface area contributed by atoms with Gasteiger partial charge in [-0.3, -0.25) is 14.4 Å². The molecular formula is C42H50N4O9S2-2. The maximum Gasteiger partial charge on any atom is 0.248 e. The summed E-state index contributed by atoms with van der Waals surface area (Å²) in [5, 5.41) is 0. The summed E-state index contributed by atoms with van der Waals surface area (Å²) in [6, 6.07) is 10.2. The zero-order valence-corrected chi connectivity index (χ0v) is 33.4. The Morgan fingerprint density at radius 2 is 1.02 bits per heavy atom. The molecule has 0 atom stereocenters. The number of nitrogens with zero attached hydrogens (tertiary/aromatic N) is 2. The molecule has 13 nitrogen and oxygen atoms in total. The SMILES string of the molecule is C.CC1(C)C(=CC=CC=C2CCC(=CC=CC=C3N(CCCS(=O)(=O)[O-])c4ccc(C(N)=O)cc4C3(C)C)C2=O)N(CCCS(=O)(=O)[O-])c2ccc(C(N)=O)cc21. The molecule has 306 valence electrons. The van der Waals surface area contributed by atoms with Gasteiger partial charge in [-0.25, -0.2) is 16.8 Å². The van der Waals surface area contributed by atoms with Gasteiger partial charge < -0.3 is 30.4 Å². The van der Waals surface area contributed by atoms with Gasteiger partial charge in [0.2, 0.25) is 11.8 Å². The Morgan fingerprint density at radius 3 is 1.35 bits per heavy atom. The number of hydrogen-bond donors (Lipinski definition) is 2. The quantitative estimate of drug-likeness (QED) is 0.182. The molecule has 1 fully saturated rings. The van der Waals surface area contributed by atoms with Gasteiger partial charge in [-0.05, 0) is 85.4 Å². The number of benzene rings is 2. The summed E-state index contributed by atoms with van der Waals surface area (Å²) in [4.78, 5) is 41.0. The maximum atomic E-state index is 13.3. The fraction of sp³-hybridized carbons (Fsp3) is 0.357. The third kappa shape index (κ3) is 10.1. The molecule has 0 aromatic heterocycles. The van der Waals surface area contributed by atoms with Gasteiger partial charge >= 0.3 is 0 Å². The lowest BCUT2D eigenvalue weighted by Crippen LogP contribution is -2.28. The Balaban J connectivity index is 0.00000720. The molecule has 57 heavy (non-hydrogen) atoms. The number of primary amides is 2. The van der Waals surface area contributed by atoms with Crippen molar-refractivity contribution in [3.05, 3.63) is 130 Å². The normalized spacial score (nSPS) is 20.4. The van der Waals surface area contributed by atoms with Gasteiger partial charge in [0.1, 0.15) is 0 Å². The number of Topliss-reactive ketones (excluding diaryl/α,β-unsaturated/α-hetero) is 1. The molecule has 2 heterocycles. The first kappa shape index (κ1) is 44.6. The summed E-state index contributed by atoms with van der Waals surface area (Å²) < 4.78 is 67.9. The number of carbonyl (C=O) groups is 3. The summed E-state index contributed by atoms with van der Waals surface area (Å²) in [5.41, 5.74) is 16.7. The molecule has 5 rings (SSSR count). The van der Waals surface area contributed by atoms with Crippen molar-refractivity contribution in [1.82, 2.24) is 0 Å². The van der Waals surface area contributed by atoms with Crippen LogP contribution in [0.15, 0.2) is 108 Å². The number of allylic oxidation sites excluding steroid dienone is 12. The zero-order chi connectivity index (χ0) is 41.2. The van der Waals surface area contributed by atoms with Crippen LogP contribution in [-0.4, -0.2) is 68.1 Å². The van der Waals surface area contributed by atoms with Gasteiger partial charge in [-0.2, -0.15) is 0 Å². The number of rotatable bonds is 14. The van der Waals surface area contributed by atoms with Crippen molar-refractivity contribution in [2.24, 2.45) is 11.5 Å². The summed E-state index contributed by atoms with van der Waals surface area (Å²) in [5.74, 6) is -2.25. The number of carbonyl (C=O) groups excluding carboxylic acids is 3. The van der Waals surface area contributed by atoms with E-state index in [1.807, 2.05) is 49.6 Å². The van der Waals surface area contributed by atoms with Gasteiger partial charge in [-0.15, -0.1) is 0 Å². The van der Waals surface area contributed by atoms with Crippen LogP contribution in [0, 0.1) is 0 Å². The Morgan fingerprint density at radius 1 is 0.667 bits per heavy atom. The highest BCUT2D eigenvalue weighted by atomic mass is 32.2. The summed E-state index contributed by atoms with van der Waals surface area (Å²) in [6.07, 6.45) is 15.7. The molecule has 1 saturated carbocycles. The second-order valence-electron chi connectivity index (χ2n) is 15.1. The number of hydrogen-bond acceptors (Lipinski definition) is 11. The van der Waals surface area contributed by atoms with E-state index in [1.54, 1.807) is 72.9 Å². The average Bonchev–Trinajstić information content (AvgIpc) is 3.63. The van der Waals surface area contributed by atoms with E-state index < -0.39 is 54.4 Å². The first-order chi connectivity index (χ1) is 26.1. The fourth-order valence-electron chi connectivity index (χ4n) is 7.60. The third-order valence-electron chi connectivity index (χ3n) is 10.5. The minimum absolute atomic E-state index is 0. The zero-order valence-electron chi connectivity index (χ0n) is 31.8. The highest BCUT2D eigenvalue weighted by Crippen LogP contribution is 2.49. The van der Waals surface area contributed by atoms with E-state index in [1.165, 1.54) is 0 Å². The van der Waals surface area contributed by atoms with Gasteiger partial charge in [-0.1, -0.05) is 71.6 Å². The molecule has 0 spiro atoms. The number of anilines is 2. The smallest absolute Gasteiger partial charge is 0.248 e. The number of nitrogens with two attached hydrogens (primary N) is 2. The molecule has 3 aliphatic rings. The topological polar surface area (TPSA) is 224 Å². The average molecular weight is 819 g/mol. The second kappa shape index (κ2) is 17.2. The molecule has 0 bridgehead atoms. The van der Waals surface area contributed by atoms with Crippen LogP contribution in [0.2, 0.25) is 0 Å². The Hall–Kier alpha value is -5.09. The van der Waals surface area contributed by atoms with Gasteiger partial charge in [0, 0.05) is 80.5 Å². The highest BCUT2D eigenvalue weighted by molar-refractivity contribution is 7.85. The van der Waals surface area contributed by atoms with Crippen molar-refractivity contribution < 1.29 is 40.3 Å². The van der Waals surface area contributed by atoms with E-state index in [4.69, 9.17) is 11.5 Å². The monoisotopic (exact) mass is 818 g/mol. The van der Waals surface area contributed by atoms with E-state index in [2.05, 4.69) is 0 Å². The van der Waals surface area contributed by atoms with Crippen molar-refractivity contribution >= 4 is 49.2 Å². The van der Waals surface area contributed by atoms with E-state index in [-0.39, 0.29) is 39.1 Å². The number of ketones is 1. The molecule has 2 aromatic carbocycles. The van der Waals surface area contributed by atoms with Crippen LogP contribution < -0.4 is 21.3 Å². The van der Waals surface area contributed by atoms with Crippen molar-refractivity contribution in [2.75, 3.05) is 34.4 Å². The van der Waals surface area contributed by atoms with Crippen LogP contribution in [0.5, 0.6) is 0 Å². The van der Waals surface area contributed by atoms with Crippen LogP contribution in [0.25, 0.3) is 0 Å². The third-order valence-corrected chi connectivity index (χ3v) is 12.1. The second-order valence-corrected chi connectivity index (χ2v) is 18.1. The first-order valence-electron chi connectivity index (χ1n) is 18.1. The van der Waals surface area contributed by atoms with Crippen LogP contribution in [0.3, 0.4) is 0 Å². The molecule has 0 unspecified atom stereocenters. The van der Waals surface area contributed by atoms with Crippen LogP contribution in [0.1, 0.15) is 92.6 Å². The molecule has 2 amide bonds. The molecule has 4 N–H and O–H groups in total. The summed E-state index contributed by atoms with van der Waals surface area (Å²) >= 11 is 0. The molecular weight excluding hydrogens is 769 g/mol. The Labute approximate surface area is 335 Å². The minimum atomic E-state index is -4.40. The van der Waals surface area contributed by atoms with E-state index in [0.717, 1.165) is 33.9 Å². The lowest BCUT2D eigenvalue weighted by Gasteiger charge is -2.27. The highest BCUT2D eigenvalue weighted by Gasteiger charge is 2.41. The Bertz CT molecular complexity index is 2200. The molecule has 0 radical (unpaired) electrons. The van der Waals surface area contributed by atoms with E-state index >= 15 is 0 Å². The standard InChI is InChI=1S/C41H48N4O9S2.CH4/c1-40(2)31-25-29(38(42)47)17-19-33(31)44(21-9-23-55(49,50)51)35(40)13-7-5-11-27-15-16-28(37(27)46)12-6-8-14-36-41(3,4)32-26-30(39(43)48)18-20-34(32)45(36)22-10-24-56(52,53)54;/h5-8,11-14,17-20,25-26H,9-10,15-16,21-24H2,1-4H3,(H2,42,47)(H2,43,48)(H,49,50,51)(H,52,53,54);1H4/p-2. The first-order valence-corrected chi connectivity index (χ1v) is 21.3. The number of fused-ring (bicyclic) bond motifs is 2. The van der Waals surface area contributed by atoms with Crippen molar-refractivity contribution in [2.45, 2.75) is 71.6 Å². The molecule has 2 aromatic rings. The van der Waals surface area contributed by atoms with Gasteiger partial charge in [0.25, 0.3) is 0 Å². The Kier molecular flexibility index (Phi) is 13.5. The fourth-order valence-corrected chi connectivity index (χ4v) is 8.56. The predicted molar refractivity (Wildman–Crippen MR) is 221 cm³/mol. The molecule has 0 saturated heterocycles. The molecule has 2 aliphatic heterocycles. The lowest BCUT2D eigenvalue weighted by molar-refractivity contribution is -0.111. The maximum absolute atomic E-state index is 13.3. The van der Waals surface area contributed by atoms with Gasteiger partial charge in [0.15, 0.2) is 5.78 Å². The predicted octanol–water partition coefficient (Wildman–Crippen LogP) is 5.38. The van der Waals surface area contributed by atoms with Crippen molar-refractivity contribution in [3.8, 4) is 0 Å². The van der Waals surface area contributed by atoms with Crippen LogP contribution in [0.4, 0.5) is 11.4 Å². The van der Waals surface area contributed by atoms with Crippen LogP contribution in [-0.2, 0) is 35.9 Å². The minimum Gasteiger partial charge on any atom is -0.748 e. The van der Waals surface area contributed by atoms with E-state index in [0.29, 0.717) is 35.1 Å². The van der Waals surface area contributed by atoms with Crippen molar-refractivity contribution in [1.29, 1.82) is 0 Å². The largest absolute Gasteiger partial charge is 0.748 e. The van der Waals surface area contributed by atoms with Gasteiger partial charge in [0.05, 0.1) is 20.2 Å². The number of amides is 2. The van der Waals surface area contributed by atoms with E-state index in [9.17, 15) is 40.3 Å². The summed E-state index contributed by atoms with van der Waals surface area (Å²) in [7, 11) is -8.80. The molecule has 1 aliphatic carbocycles. The van der Waals surface area contributed by atoms with Crippen molar-refractivity contribution in [3.63, 3.8) is 0 Å².